The van der Waals surface area contributed by atoms with Gasteiger partial charge >= 0.3 is 0 Å². The fourth-order valence-electron chi connectivity index (χ4n) is 2.46. The van der Waals surface area contributed by atoms with Crippen LogP contribution in [0.1, 0.15) is 25.3 Å². The average Bonchev–Trinajstić information content (AvgIpc) is 2.59. The van der Waals surface area contributed by atoms with E-state index >= 15 is 0 Å². The van der Waals surface area contributed by atoms with Crippen LogP contribution in [0.5, 0.6) is 0 Å². The average molecular weight is 331 g/mol. The monoisotopic (exact) mass is 331 g/mol. The zero-order valence-corrected chi connectivity index (χ0v) is 14.8. The molecule has 25 heavy (non-hydrogen) atoms. The lowest BCUT2D eigenvalue weighted by Gasteiger charge is -2.15. The molecule has 1 aliphatic rings. The zero-order chi connectivity index (χ0) is 18.2. The molecule has 0 unspecified atom stereocenters. The van der Waals surface area contributed by atoms with Gasteiger partial charge in [-0.2, -0.15) is 10.5 Å². The summed E-state index contributed by atoms with van der Waals surface area (Å²) in [6.07, 6.45) is 8.11. The summed E-state index contributed by atoms with van der Waals surface area (Å²) in [5.74, 6) is 1.44. The van der Waals surface area contributed by atoms with E-state index in [9.17, 15) is 0 Å². The van der Waals surface area contributed by atoms with E-state index in [-0.39, 0.29) is 12.8 Å². The van der Waals surface area contributed by atoms with Gasteiger partial charge in [-0.15, -0.1) is 0 Å². The summed E-state index contributed by atoms with van der Waals surface area (Å²) >= 11 is 0. The van der Waals surface area contributed by atoms with Gasteiger partial charge in [-0.3, -0.25) is 0 Å². The largest absolute Gasteiger partial charge is 0.462 e. The van der Waals surface area contributed by atoms with Gasteiger partial charge in [-0.25, -0.2) is 0 Å². The molecular formula is C21H21N3O. The van der Waals surface area contributed by atoms with Crippen LogP contribution in [0.25, 0.3) is 6.08 Å². The third kappa shape index (κ3) is 5.12. The highest BCUT2D eigenvalue weighted by molar-refractivity contribution is 5.58. The molecule has 0 aromatic heterocycles. The lowest BCUT2D eigenvalue weighted by molar-refractivity contribution is 0.318. The van der Waals surface area contributed by atoms with E-state index in [0.29, 0.717) is 5.76 Å². The molecule has 0 saturated carbocycles. The molecule has 0 saturated heterocycles. The van der Waals surface area contributed by atoms with Gasteiger partial charge in [0.1, 0.15) is 11.5 Å². The Morgan fingerprint density at radius 2 is 1.68 bits per heavy atom. The molecule has 1 aromatic rings. The van der Waals surface area contributed by atoms with Crippen molar-refractivity contribution in [2.24, 2.45) is 0 Å². The topological polar surface area (TPSA) is 60.0 Å². The predicted octanol–water partition coefficient (Wildman–Crippen LogP) is 4.71. The highest BCUT2D eigenvalue weighted by atomic mass is 16.5. The second-order valence-corrected chi connectivity index (χ2v) is 5.95. The predicted molar refractivity (Wildman–Crippen MR) is 100 cm³/mol. The maximum Gasteiger partial charge on any atom is 0.127 e. The van der Waals surface area contributed by atoms with Crippen LogP contribution in [0.2, 0.25) is 0 Å². The maximum absolute atomic E-state index is 8.96. The van der Waals surface area contributed by atoms with Crippen LogP contribution in [-0.2, 0) is 4.74 Å². The lowest BCUT2D eigenvalue weighted by Crippen LogP contribution is -2.07. The van der Waals surface area contributed by atoms with Gasteiger partial charge < -0.3 is 9.64 Å². The van der Waals surface area contributed by atoms with Crippen LogP contribution in [0, 0.1) is 22.7 Å². The molecule has 1 aliphatic heterocycles. The van der Waals surface area contributed by atoms with Crippen molar-refractivity contribution in [3.8, 4) is 12.1 Å². The number of nitriles is 2. The Kier molecular flexibility index (Phi) is 6.20. The molecule has 1 aromatic carbocycles. The third-order valence-electron chi connectivity index (χ3n) is 3.78. The van der Waals surface area contributed by atoms with E-state index in [1.807, 2.05) is 57.5 Å². The number of hydrogen-bond acceptors (Lipinski definition) is 4. The van der Waals surface area contributed by atoms with Crippen LogP contribution in [-0.4, -0.2) is 14.1 Å². The van der Waals surface area contributed by atoms with Gasteiger partial charge in [0, 0.05) is 19.8 Å². The van der Waals surface area contributed by atoms with Gasteiger partial charge in [0.25, 0.3) is 0 Å². The van der Waals surface area contributed by atoms with Gasteiger partial charge in [-0.05, 0) is 54.0 Å². The number of anilines is 1. The number of benzene rings is 1. The molecule has 4 nitrogen and oxygen atoms in total. The first-order valence-corrected chi connectivity index (χ1v) is 8.02. The van der Waals surface area contributed by atoms with Crippen LogP contribution in [0.15, 0.2) is 65.2 Å². The van der Waals surface area contributed by atoms with Crippen LogP contribution in [0.4, 0.5) is 5.69 Å². The summed E-state index contributed by atoms with van der Waals surface area (Å²) in [5, 5.41) is 17.9. The highest BCUT2D eigenvalue weighted by Gasteiger charge is 2.10. The molecule has 0 fully saturated rings. The number of hydrogen-bond donors (Lipinski definition) is 0. The minimum absolute atomic E-state index is 0.242. The SMILES string of the molecule is CC1=CC(=C(CC#N)CC#N)C=C(C=Cc2ccc(N(C)C)cc2)O1. The molecule has 2 rings (SSSR count). The fourth-order valence-corrected chi connectivity index (χ4v) is 2.46. The summed E-state index contributed by atoms with van der Waals surface area (Å²) < 4.78 is 5.73. The number of rotatable bonds is 5. The van der Waals surface area contributed by atoms with Crippen molar-refractivity contribution in [1.29, 1.82) is 10.5 Å². The molecule has 0 N–H and O–H groups in total. The summed E-state index contributed by atoms with van der Waals surface area (Å²) in [4.78, 5) is 2.05. The van der Waals surface area contributed by atoms with Gasteiger partial charge in [-0.1, -0.05) is 18.2 Å². The van der Waals surface area contributed by atoms with E-state index in [4.69, 9.17) is 15.3 Å². The third-order valence-corrected chi connectivity index (χ3v) is 3.78. The van der Waals surface area contributed by atoms with Crippen molar-refractivity contribution in [3.63, 3.8) is 0 Å². The Morgan fingerprint density at radius 1 is 1.04 bits per heavy atom. The van der Waals surface area contributed by atoms with E-state index in [0.717, 1.165) is 28.2 Å². The van der Waals surface area contributed by atoms with Gasteiger partial charge in [0.2, 0.25) is 0 Å². The Hall–Kier alpha value is -3.24. The van der Waals surface area contributed by atoms with Gasteiger partial charge in [0.15, 0.2) is 0 Å². The normalized spacial score (nSPS) is 13.4. The molecule has 0 radical (unpaired) electrons. The van der Waals surface area contributed by atoms with E-state index in [1.165, 1.54) is 0 Å². The maximum atomic E-state index is 8.96. The Balaban J connectivity index is 2.25. The standard InChI is InChI=1S/C21H21N3O/c1-16-14-19(18(10-12-22)11-13-23)15-21(25-16)9-6-17-4-7-20(8-5-17)24(2)3/h4-9,14-15H,10-11H2,1-3H3. The second kappa shape index (κ2) is 8.57. The van der Waals surface area contributed by atoms with Crippen LogP contribution >= 0.6 is 0 Å². The molecule has 0 amide bonds. The van der Waals surface area contributed by atoms with Crippen LogP contribution < -0.4 is 4.90 Å². The number of nitrogens with zero attached hydrogens (tertiary/aromatic N) is 3. The minimum Gasteiger partial charge on any atom is -0.462 e. The molecule has 126 valence electrons. The molecule has 4 heteroatoms. The second-order valence-electron chi connectivity index (χ2n) is 5.95. The Bertz CT molecular complexity index is 807. The molecule has 0 bridgehead atoms. The number of allylic oxidation sites excluding steroid dienone is 6. The fraction of sp³-hybridized carbons (Fsp3) is 0.238. The summed E-state index contributed by atoms with van der Waals surface area (Å²) in [7, 11) is 4.02. The van der Waals surface area contributed by atoms with E-state index in [1.54, 1.807) is 0 Å². The van der Waals surface area contributed by atoms with Gasteiger partial charge in [0.05, 0.1) is 25.0 Å². The van der Waals surface area contributed by atoms with Crippen molar-refractivity contribution in [1.82, 2.24) is 0 Å². The van der Waals surface area contributed by atoms with Crippen molar-refractivity contribution >= 4 is 11.8 Å². The quantitative estimate of drug-likeness (QED) is 0.784. The first-order chi connectivity index (χ1) is 12.0. The molecule has 0 spiro atoms. The Labute approximate surface area is 149 Å². The van der Waals surface area contributed by atoms with Crippen molar-refractivity contribution in [2.75, 3.05) is 19.0 Å². The van der Waals surface area contributed by atoms with E-state index < -0.39 is 0 Å². The lowest BCUT2D eigenvalue weighted by atomic mass is 10.00. The van der Waals surface area contributed by atoms with Crippen molar-refractivity contribution < 1.29 is 4.74 Å². The Morgan fingerprint density at radius 3 is 2.24 bits per heavy atom. The smallest absolute Gasteiger partial charge is 0.127 e. The molecule has 1 heterocycles. The summed E-state index contributed by atoms with van der Waals surface area (Å²) in [5.41, 5.74) is 3.91. The van der Waals surface area contributed by atoms with Crippen LogP contribution in [0.3, 0.4) is 0 Å². The number of ether oxygens (including phenoxy) is 1. The minimum atomic E-state index is 0.242. The first-order valence-electron chi connectivity index (χ1n) is 8.02. The zero-order valence-electron chi connectivity index (χ0n) is 14.8. The van der Waals surface area contributed by atoms with Crippen molar-refractivity contribution in [2.45, 2.75) is 19.8 Å². The first kappa shape index (κ1) is 18.1. The van der Waals surface area contributed by atoms with Crippen molar-refractivity contribution in [3.05, 3.63) is 70.7 Å². The van der Waals surface area contributed by atoms with E-state index in [2.05, 4.69) is 29.2 Å². The molecule has 0 atom stereocenters. The molecular weight excluding hydrogens is 310 g/mol. The highest BCUT2D eigenvalue weighted by Crippen LogP contribution is 2.25. The molecule has 0 aliphatic carbocycles. The summed E-state index contributed by atoms with van der Waals surface area (Å²) in [6.45, 7) is 1.86. The summed E-state index contributed by atoms with van der Waals surface area (Å²) in [6, 6.07) is 12.5.